The average molecular weight is 236 g/mol. The first-order chi connectivity index (χ1) is 7.99. The van der Waals surface area contributed by atoms with E-state index in [-0.39, 0.29) is 18.1 Å². The molecule has 1 amide bonds. The van der Waals surface area contributed by atoms with Gasteiger partial charge in [0.05, 0.1) is 12.1 Å². The van der Waals surface area contributed by atoms with Gasteiger partial charge in [-0.2, -0.15) is 0 Å². The van der Waals surface area contributed by atoms with Crippen molar-refractivity contribution in [3.63, 3.8) is 0 Å². The number of nitrogens with two attached hydrogens (primary N) is 1. The molecule has 1 atom stereocenters. The minimum absolute atomic E-state index is 0.175. The second-order valence-electron chi connectivity index (χ2n) is 4.32. The third kappa shape index (κ3) is 4.87. The van der Waals surface area contributed by atoms with Crippen molar-refractivity contribution < 1.29 is 9.53 Å². The van der Waals surface area contributed by atoms with Gasteiger partial charge in [-0.3, -0.25) is 4.79 Å². The highest BCUT2D eigenvalue weighted by molar-refractivity contribution is 5.79. The van der Waals surface area contributed by atoms with Gasteiger partial charge in [0.25, 0.3) is 0 Å². The molecular formula is C13H20N2O2. The van der Waals surface area contributed by atoms with Gasteiger partial charge in [-0.15, -0.1) is 0 Å². The van der Waals surface area contributed by atoms with Crippen molar-refractivity contribution in [2.45, 2.75) is 39.5 Å². The van der Waals surface area contributed by atoms with Crippen molar-refractivity contribution >= 4 is 5.91 Å². The number of ether oxygens (including phenoxy) is 1. The average Bonchev–Trinajstić information content (AvgIpc) is 2.26. The fourth-order valence-corrected chi connectivity index (χ4v) is 1.33. The minimum atomic E-state index is -0.343. The predicted molar refractivity (Wildman–Crippen MR) is 67.7 cm³/mol. The van der Waals surface area contributed by atoms with Crippen LogP contribution in [0.2, 0.25) is 0 Å². The van der Waals surface area contributed by atoms with Crippen molar-refractivity contribution in [1.82, 2.24) is 5.32 Å². The first-order valence-electron chi connectivity index (χ1n) is 5.77. The molecule has 4 nitrogen and oxygen atoms in total. The van der Waals surface area contributed by atoms with E-state index in [1.807, 2.05) is 38.1 Å². The number of rotatable bonds is 6. The third-order valence-corrected chi connectivity index (χ3v) is 2.33. The molecule has 0 aliphatic rings. The SMILES string of the molecule is CC(C)Oc1ccc(CNC(C)C(N)=O)cc1. The zero-order chi connectivity index (χ0) is 12.8. The standard InChI is InChI=1S/C13H20N2O2/c1-9(2)17-12-6-4-11(5-7-12)8-15-10(3)13(14)16/h4-7,9-10,15H,8H2,1-3H3,(H2,14,16). The highest BCUT2D eigenvalue weighted by atomic mass is 16.5. The van der Waals surface area contributed by atoms with Crippen molar-refractivity contribution in [2.24, 2.45) is 5.73 Å². The van der Waals surface area contributed by atoms with Crippen molar-refractivity contribution in [2.75, 3.05) is 0 Å². The number of hydrogen-bond donors (Lipinski definition) is 2. The molecule has 0 aromatic heterocycles. The van der Waals surface area contributed by atoms with Gasteiger partial charge in [-0.05, 0) is 38.5 Å². The van der Waals surface area contributed by atoms with Crippen molar-refractivity contribution in [3.8, 4) is 5.75 Å². The maximum absolute atomic E-state index is 10.8. The van der Waals surface area contributed by atoms with Gasteiger partial charge in [0.2, 0.25) is 5.91 Å². The van der Waals surface area contributed by atoms with E-state index in [2.05, 4.69) is 5.32 Å². The van der Waals surface area contributed by atoms with Crippen LogP contribution in [0.1, 0.15) is 26.3 Å². The van der Waals surface area contributed by atoms with Crippen LogP contribution in [0.15, 0.2) is 24.3 Å². The second kappa shape index (κ2) is 6.25. The monoisotopic (exact) mass is 236 g/mol. The van der Waals surface area contributed by atoms with Crippen LogP contribution in [0, 0.1) is 0 Å². The van der Waals surface area contributed by atoms with Gasteiger partial charge in [0, 0.05) is 6.54 Å². The molecule has 1 aromatic carbocycles. The number of carbonyl (C=O) groups is 1. The summed E-state index contributed by atoms with van der Waals surface area (Å²) in [5.74, 6) is 0.511. The smallest absolute Gasteiger partial charge is 0.234 e. The number of benzene rings is 1. The Labute approximate surface area is 102 Å². The van der Waals surface area contributed by atoms with E-state index in [4.69, 9.17) is 10.5 Å². The maximum atomic E-state index is 10.8. The first kappa shape index (κ1) is 13.5. The Balaban J connectivity index is 2.48. The molecule has 1 aromatic rings. The molecule has 1 rings (SSSR count). The summed E-state index contributed by atoms with van der Waals surface area (Å²) in [5.41, 5.74) is 6.25. The van der Waals surface area contributed by atoms with Gasteiger partial charge < -0.3 is 15.8 Å². The molecule has 3 N–H and O–H groups in total. The lowest BCUT2D eigenvalue weighted by Gasteiger charge is -2.12. The normalized spacial score (nSPS) is 12.5. The number of primary amides is 1. The first-order valence-corrected chi connectivity index (χ1v) is 5.77. The van der Waals surface area contributed by atoms with E-state index in [9.17, 15) is 4.79 Å². The molecule has 0 aliphatic heterocycles. The van der Waals surface area contributed by atoms with Crippen LogP contribution >= 0.6 is 0 Å². The lowest BCUT2D eigenvalue weighted by atomic mass is 10.2. The van der Waals surface area contributed by atoms with Gasteiger partial charge in [0.15, 0.2) is 0 Å². The maximum Gasteiger partial charge on any atom is 0.234 e. The van der Waals surface area contributed by atoms with E-state index in [1.54, 1.807) is 6.92 Å². The molecule has 17 heavy (non-hydrogen) atoms. The van der Waals surface area contributed by atoms with E-state index >= 15 is 0 Å². The van der Waals surface area contributed by atoms with Gasteiger partial charge >= 0.3 is 0 Å². The summed E-state index contributed by atoms with van der Waals surface area (Å²) < 4.78 is 5.54. The Kier molecular flexibility index (Phi) is 4.97. The van der Waals surface area contributed by atoms with E-state index in [0.29, 0.717) is 6.54 Å². The minimum Gasteiger partial charge on any atom is -0.491 e. The van der Waals surface area contributed by atoms with E-state index in [0.717, 1.165) is 11.3 Å². The Morgan fingerprint density at radius 2 is 1.88 bits per heavy atom. The van der Waals surface area contributed by atoms with Crippen LogP contribution in [0.3, 0.4) is 0 Å². The highest BCUT2D eigenvalue weighted by Gasteiger charge is 2.06. The largest absolute Gasteiger partial charge is 0.491 e. The Morgan fingerprint density at radius 1 is 1.29 bits per heavy atom. The fraction of sp³-hybridized carbons (Fsp3) is 0.462. The molecule has 1 unspecified atom stereocenters. The van der Waals surface area contributed by atoms with Gasteiger partial charge in [-0.1, -0.05) is 12.1 Å². The lowest BCUT2D eigenvalue weighted by molar-refractivity contribution is -0.119. The highest BCUT2D eigenvalue weighted by Crippen LogP contribution is 2.13. The molecule has 0 saturated carbocycles. The molecule has 0 bridgehead atoms. The predicted octanol–water partition coefficient (Wildman–Crippen LogP) is 1.44. The van der Waals surface area contributed by atoms with E-state index in [1.165, 1.54) is 0 Å². The summed E-state index contributed by atoms with van der Waals surface area (Å²) in [4.78, 5) is 10.8. The summed E-state index contributed by atoms with van der Waals surface area (Å²) in [7, 11) is 0. The molecule has 0 radical (unpaired) electrons. The Bertz CT molecular complexity index is 360. The zero-order valence-electron chi connectivity index (χ0n) is 10.6. The topological polar surface area (TPSA) is 64.3 Å². The number of hydrogen-bond acceptors (Lipinski definition) is 3. The van der Waals surface area contributed by atoms with Crippen molar-refractivity contribution in [1.29, 1.82) is 0 Å². The number of carbonyl (C=O) groups excluding carboxylic acids is 1. The molecule has 0 spiro atoms. The van der Waals surface area contributed by atoms with Crippen LogP contribution in [-0.4, -0.2) is 18.1 Å². The molecule has 0 fully saturated rings. The quantitative estimate of drug-likeness (QED) is 0.785. The summed E-state index contributed by atoms with van der Waals surface area (Å²) in [5, 5.41) is 3.04. The molecule has 0 saturated heterocycles. The summed E-state index contributed by atoms with van der Waals surface area (Å²) in [6, 6.07) is 7.47. The number of nitrogens with one attached hydrogen (secondary N) is 1. The van der Waals surface area contributed by atoms with Crippen LogP contribution in [0.25, 0.3) is 0 Å². The zero-order valence-corrected chi connectivity index (χ0v) is 10.6. The fourth-order valence-electron chi connectivity index (χ4n) is 1.33. The van der Waals surface area contributed by atoms with Crippen LogP contribution < -0.4 is 15.8 Å². The summed E-state index contributed by atoms with van der Waals surface area (Å²) >= 11 is 0. The lowest BCUT2D eigenvalue weighted by Crippen LogP contribution is -2.38. The Morgan fingerprint density at radius 3 is 2.35 bits per heavy atom. The van der Waals surface area contributed by atoms with Gasteiger partial charge in [-0.25, -0.2) is 0 Å². The molecular weight excluding hydrogens is 216 g/mol. The van der Waals surface area contributed by atoms with E-state index < -0.39 is 0 Å². The summed E-state index contributed by atoms with van der Waals surface area (Å²) in [6.45, 7) is 6.35. The van der Waals surface area contributed by atoms with Crippen LogP contribution in [0.5, 0.6) is 5.75 Å². The van der Waals surface area contributed by atoms with Crippen LogP contribution in [0.4, 0.5) is 0 Å². The second-order valence-corrected chi connectivity index (χ2v) is 4.32. The van der Waals surface area contributed by atoms with Gasteiger partial charge in [0.1, 0.15) is 5.75 Å². The van der Waals surface area contributed by atoms with Crippen molar-refractivity contribution in [3.05, 3.63) is 29.8 Å². The summed E-state index contributed by atoms with van der Waals surface area (Å²) in [6.07, 6.45) is 0.175. The molecule has 4 heteroatoms. The number of amides is 1. The molecule has 0 heterocycles. The van der Waals surface area contributed by atoms with Crippen LogP contribution in [-0.2, 0) is 11.3 Å². The third-order valence-electron chi connectivity index (χ3n) is 2.33. The molecule has 94 valence electrons. The molecule has 0 aliphatic carbocycles. The Hall–Kier alpha value is -1.55.